The highest BCUT2D eigenvalue weighted by Crippen LogP contribution is 2.43. The van der Waals surface area contributed by atoms with Crippen LogP contribution in [0.3, 0.4) is 0 Å². The molecule has 0 radical (unpaired) electrons. The van der Waals surface area contributed by atoms with Crippen molar-refractivity contribution in [2.45, 2.75) is 155 Å². The van der Waals surface area contributed by atoms with Crippen molar-refractivity contribution in [2.75, 3.05) is 54.1 Å². The summed E-state index contributed by atoms with van der Waals surface area (Å²) in [5, 5.41) is 0. The Morgan fingerprint density at radius 2 is 1.10 bits per heavy atom. The van der Waals surface area contributed by atoms with Crippen molar-refractivity contribution in [3.63, 3.8) is 0 Å². The molecule has 0 heterocycles. The first-order valence-electron chi connectivity index (χ1n) is 17.3. The normalized spacial score (nSPS) is 14.1. The third kappa shape index (κ3) is 30.9. The largest absolute Gasteiger partial charge is 0.472 e. The minimum absolute atomic E-state index is 0.0929. The lowest BCUT2D eigenvalue weighted by Crippen LogP contribution is -2.37. The van der Waals surface area contributed by atoms with E-state index in [2.05, 4.69) is 13.8 Å². The van der Waals surface area contributed by atoms with Gasteiger partial charge in [0.1, 0.15) is 19.3 Å². The third-order valence-corrected chi connectivity index (χ3v) is 8.40. The highest BCUT2D eigenvalue weighted by molar-refractivity contribution is 7.47. The molecule has 2 atom stereocenters. The van der Waals surface area contributed by atoms with Crippen LogP contribution in [0.25, 0.3) is 0 Å². The van der Waals surface area contributed by atoms with Crippen molar-refractivity contribution in [1.82, 2.24) is 0 Å². The fourth-order valence-electron chi connectivity index (χ4n) is 4.67. The second-order valence-electron chi connectivity index (χ2n) is 12.9. The smallest absolute Gasteiger partial charge is 0.457 e. The molecule has 0 spiro atoms. The van der Waals surface area contributed by atoms with Gasteiger partial charge in [-0.15, -0.1) is 0 Å². The zero-order chi connectivity index (χ0) is 31.4. The van der Waals surface area contributed by atoms with Gasteiger partial charge in [-0.25, -0.2) is 4.57 Å². The van der Waals surface area contributed by atoms with E-state index in [1.807, 2.05) is 21.1 Å². The topological polar surface area (TPSA) is 91.3 Å². The van der Waals surface area contributed by atoms with Crippen LogP contribution in [-0.4, -0.2) is 75.6 Å². The molecule has 0 aliphatic heterocycles. The summed E-state index contributed by atoms with van der Waals surface area (Å²) in [6.45, 7) is 5.60. The number of ether oxygens (including phenoxy) is 2. The molecule has 9 heteroatoms. The van der Waals surface area contributed by atoms with Gasteiger partial charge < -0.3 is 18.9 Å². The Morgan fingerprint density at radius 3 is 1.57 bits per heavy atom. The average molecular weight is 623 g/mol. The summed E-state index contributed by atoms with van der Waals surface area (Å²) in [5.41, 5.74) is 0. The summed E-state index contributed by atoms with van der Waals surface area (Å²) < 4.78 is 34.6. The van der Waals surface area contributed by atoms with Gasteiger partial charge in [0.25, 0.3) is 0 Å². The summed E-state index contributed by atoms with van der Waals surface area (Å²) in [5.74, 6) is -0.317. The highest BCUT2D eigenvalue weighted by Gasteiger charge is 2.26. The Hall–Kier alpha value is -0.500. The van der Waals surface area contributed by atoms with Crippen LogP contribution in [0.2, 0.25) is 0 Å². The van der Waals surface area contributed by atoms with Gasteiger partial charge >= 0.3 is 13.8 Å². The molecule has 252 valence electrons. The Balaban J connectivity index is 4.30. The number of unbranched alkanes of at least 4 members (excludes halogenated alkanes) is 18. The van der Waals surface area contributed by atoms with Crippen molar-refractivity contribution in [1.29, 1.82) is 0 Å². The number of carbonyl (C=O) groups excluding carboxylic acids is 1. The zero-order valence-electron chi connectivity index (χ0n) is 28.3. The Morgan fingerprint density at radius 1 is 0.643 bits per heavy atom. The minimum atomic E-state index is -4.25. The van der Waals surface area contributed by atoms with Gasteiger partial charge in [-0.3, -0.25) is 13.8 Å². The van der Waals surface area contributed by atoms with Crippen LogP contribution in [0.4, 0.5) is 0 Å². The molecule has 42 heavy (non-hydrogen) atoms. The number of nitrogens with zero attached hydrogens (tertiary/aromatic N) is 1. The lowest BCUT2D eigenvalue weighted by molar-refractivity contribution is -0.870. The SMILES string of the molecule is CCCCCCCCCCCCCCOC[C@H](COP(=O)(O)OCC[N+](C)(C)C)OC(=O)CCCCCCCCCC. The fraction of sp³-hybridized carbons (Fsp3) is 0.970. The van der Waals surface area contributed by atoms with Crippen molar-refractivity contribution >= 4 is 13.8 Å². The zero-order valence-corrected chi connectivity index (χ0v) is 29.1. The van der Waals surface area contributed by atoms with E-state index in [9.17, 15) is 14.3 Å². The predicted octanol–water partition coefficient (Wildman–Crippen LogP) is 8.99. The standard InChI is InChI=1S/C33H68NO7P/c1-6-8-10-12-14-16-17-18-19-21-23-25-28-38-30-32(31-40-42(36,37)39-29-27-34(3,4)5)41-33(35)26-24-22-20-15-13-11-9-7-2/h32H,6-31H2,1-5H3/p+1/t32-/m1/s1. The van der Waals surface area contributed by atoms with Gasteiger partial charge in [0, 0.05) is 13.0 Å². The maximum absolute atomic E-state index is 12.5. The maximum atomic E-state index is 12.5. The van der Waals surface area contributed by atoms with E-state index in [0.717, 1.165) is 32.1 Å². The predicted molar refractivity (Wildman–Crippen MR) is 174 cm³/mol. The van der Waals surface area contributed by atoms with Crippen molar-refractivity contribution < 1.29 is 37.3 Å². The fourth-order valence-corrected chi connectivity index (χ4v) is 5.41. The van der Waals surface area contributed by atoms with Crippen LogP contribution >= 0.6 is 7.82 Å². The highest BCUT2D eigenvalue weighted by atomic mass is 31.2. The second-order valence-corrected chi connectivity index (χ2v) is 14.4. The first-order chi connectivity index (χ1) is 20.1. The molecule has 1 unspecified atom stereocenters. The van der Waals surface area contributed by atoms with Crippen molar-refractivity contribution in [2.24, 2.45) is 0 Å². The number of esters is 1. The number of quaternary nitrogens is 1. The second kappa shape index (κ2) is 28.0. The molecule has 0 aromatic carbocycles. The lowest BCUT2D eigenvalue weighted by Gasteiger charge is -2.24. The molecule has 0 saturated heterocycles. The number of likely N-dealkylation sites (N-methyl/N-ethyl adjacent to an activating group) is 1. The van der Waals surface area contributed by atoms with Crippen molar-refractivity contribution in [3.8, 4) is 0 Å². The number of phosphoric ester groups is 1. The van der Waals surface area contributed by atoms with Crippen LogP contribution < -0.4 is 0 Å². The average Bonchev–Trinajstić information content (AvgIpc) is 2.92. The van der Waals surface area contributed by atoms with Crippen LogP contribution in [-0.2, 0) is 27.9 Å². The maximum Gasteiger partial charge on any atom is 0.472 e. The molecule has 0 aliphatic rings. The molecule has 0 aliphatic carbocycles. The van der Waals surface area contributed by atoms with Crippen molar-refractivity contribution in [3.05, 3.63) is 0 Å². The van der Waals surface area contributed by atoms with Crippen LogP contribution in [0.15, 0.2) is 0 Å². The summed E-state index contributed by atoms with van der Waals surface area (Å²) in [4.78, 5) is 22.6. The van der Waals surface area contributed by atoms with E-state index in [-0.39, 0.29) is 25.8 Å². The van der Waals surface area contributed by atoms with Gasteiger partial charge in [-0.05, 0) is 12.8 Å². The van der Waals surface area contributed by atoms with Crippen LogP contribution in [0.5, 0.6) is 0 Å². The summed E-state index contributed by atoms with van der Waals surface area (Å²) in [7, 11) is 1.68. The third-order valence-electron chi connectivity index (χ3n) is 7.42. The number of rotatable bonds is 32. The van der Waals surface area contributed by atoms with Gasteiger partial charge in [-0.2, -0.15) is 0 Å². The first-order valence-corrected chi connectivity index (χ1v) is 18.8. The van der Waals surface area contributed by atoms with E-state index in [1.54, 1.807) is 0 Å². The Kier molecular flexibility index (Phi) is 27.7. The van der Waals surface area contributed by atoms with Crippen LogP contribution in [0, 0.1) is 0 Å². The minimum Gasteiger partial charge on any atom is -0.457 e. The van der Waals surface area contributed by atoms with E-state index in [1.165, 1.54) is 96.3 Å². The van der Waals surface area contributed by atoms with Gasteiger partial charge in [-0.1, -0.05) is 129 Å². The van der Waals surface area contributed by atoms with E-state index >= 15 is 0 Å². The summed E-state index contributed by atoms with van der Waals surface area (Å²) >= 11 is 0. The van der Waals surface area contributed by atoms with Gasteiger partial charge in [0.2, 0.25) is 0 Å². The Bertz CT molecular complexity index is 657. The van der Waals surface area contributed by atoms with E-state index in [0.29, 0.717) is 24.1 Å². The monoisotopic (exact) mass is 622 g/mol. The van der Waals surface area contributed by atoms with E-state index < -0.39 is 13.9 Å². The van der Waals surface area contributed by atoms with Crippen LogP contribution in [0.1, 0.15) is 149 Å². The molecule has 0 rings (SSSR count). The molecule has 0 bridgehead atoms. The number of phosphoric acid groups is 1. The number of carbonyl (C=O) groups is 1. The molecule has 0 saturated carbocycles. The molecule has 1 N–H and O–H groups in total. The number of hydrogen-bond acceptors (Lipinski definition) is 6. The van der Waals surface area contributed by atoms with Gasteiger partial charge in [0.05, 0.1) is 34.4 Å². The quantitative estimate of drug-likeness (QED) is 0.0346. The molecule has 8 nitrogen and oxygen atoms in total. The molecular weight excluding hydrogens is 553 g/mol. The Labute approximate surface area is 259 Å². The molecular formula is C33H69NO7P+. The number of hydrogen-bond donors (Lipinski definition) is 1. The molecule has 0 fully saturated rings. The lowest BCUT2D eigenvalue weighted by atomic mass is 10.1. The van der Waals surface area contributed by atoms with Gasteiger partial charge in [0.15, 0.2) is 0 Å². The molecule has 0 aromatic rings. The summed E-state index contributed by atoms with van der Waals surface area (Å²) in [6, 6.07) is 0. The first kappa shape index (κ1) is 41.5. The summed E-state index contributed by atoms with van der Waals surface area (Å²) in [6.07, 6.45) is 24.1. The molecule has 0 aromatic heterocycles. The van der Waals surface area contributed by atoms with E-state index in [4.69, 9.17) is 18.5 Å². The molecule has 0 amide bonds.